The molecule has 3 fully saturated rings. The Morgan fingerprint density at radius 3 is 2.88 bits per heavy atom. The van der Waals surface area contributed by atoms with E-state index in [1.807, 2.05) is 35.2 Å². The van der Waals surface area contributed by atoms with Crippen molar-refractivity contribution in [1.82, 2.24) is 4.90 Å². The van der Waals surface area contributed by atoms with Crippen LogP contribution < -0.4 is 4.74 Å². The highest BCUT2D eigenvalue weighted by atomic mass is 16.6. The molecule has 3 aliphatic rings. The van der Waals surface area contributed by atoms with E-state index in [2.05, 4.69) is 0 Å². The van der Waals surface area contributed by atoms with Crippen LogP contribution in [0.15, 0.2) is 30.3 Å². The lowest BCUT2D eigenvalue weighted by Crippen LogP contribution is -2.38. The van der Waals surface area contributed by atoms with Gasteiger partial charge in [0.15, 0.2) is 6.61 Å². The Morgan fingerprint density at radius 1 is 1.28 bits per heavy atom. The first kappa shape index (κ1) is 16.9. The van der Waals surface area contributed by atoms with Gasteiger partial charge in [0.2, 0.25) is 0 Å². The molecule has 1 saturated carbocycles. The number of amides is 1. The van der Waals surface area contributed by atoms with E-state index in [9.17, 15) is 4.79 Å². The summed E-state index contributed by atoms with van der Waals surface area (Å²) in [6, 6.07) is 9.47. The summed E-state index contributed by atoms with van der Waals surface area (Å²) >= 11 is 0. The summed E-state index contributed by atoms with van der Waals surface area (Å²) in [6.45, 7) is 3.02. The van der Waals surface area contributed by atoms with E-state index >= 15 is 0 Å². The van der Waals surface area contributed by atoms with Crippen LogP contribution in [0.4, 0.5) is 0 Å². The predicted molar refractivity (Wildman–Crippen MR) is 93.5 cm³/mol. The van der Waals surface area contributed by atoms with Gasteiger partial charge in [-0.2, -0.15) is 0 Å². The van der Waals surface area contributed by atoms with Gasteiger partial charge in [0.1, 0.15) is 5.75 Å². The van der Waals surface area contributed by atoms with Crippen LogP contribution in [0.3, 0.4) is 0 Å². The third kappa shape index (κ3) is 3.98. The Kier molecular flexibility index (Phi) is 4.95. The SMILES string of the molecule is O=C(COc1ccccc1)N1CC[C@@]2(C[C@H](OCC3CCC3)CO2)C1. The highest BCUT2D eigenvalue weighted by molar-refractivity contribution is 5.78. The lowest BCUT2D eigenvalue weighted by molar-refractivity contribution is -0.133. The summed E-state index contributed by atoms with van der Waals surface area (Å²) in [5.41, 5.74) is -0.202. The fourth-order valence-corrected chi connectivity index (χ4v) is 3.94. The van der Waals surface area contributed by atoms with Crippen molar-refractivity contribution in [2.45, 2.75) is 43.8 Å². The third-order valence-electron chi connectivity index (χ3n) is 5.74. The van der Waals surface area contributed by atoms with Gasteiger partial charge in [-0.25, -0.2) is 0 Å². The number of carbonyl (C=O) groups excluding carboxylic acids is 1. The summed E-state index contributed by atoms with van der Waals surface area (Å²) in [7, 11) is 0. The second-order valence-electron chi connectivity index (χ2n) is 7.62. The molecule has 5 heteroatoms. The number of hydrogen-bond acceptors (Lipinski definition) is 4. The van der Waals surface area contributed by atoms with Gasteiger partial charge in [-0.05, 0) is 37.3 Å². The smallest absolute Gasteiger partial charge is 0.260 e. The molecule has 2 aliphatic heterocycles. The zero-order chi connectivity index (χ0) is 17.1. The highest BCUT2D eigenvalue weighted by Gasteiger charge is 2.47. The van der Waals surface area contributed by atoms with Gasteiger partial charge in [-0.3, -0.25) is 4.79 Å². The van der Waals surface area contributed by atoms with Gasteiger partial charge in [0, 0.05) is 26.1 Å². The second kappa shape index (κ2) is 7.34. The van der Waals surface area contributed by atoms with Crippen LogP contribution in [0.25, 0.3) is 0 Å². The third-order valence-corrected chi connectivity index (χ3v) is 5.74. The molecular weight excluding hydrogens is 318 g/mol. The molecule has 4 rings (SSSR count). The highest BCUT2D eigenvalue weighted by Crippen LogP contribution is 2.37. The van der Waals surface area contributed by atoms with Crippen LogP contribution in [0.5, 0.6) is 5.75 Å². The van der Waals surface area contributed by atoms with Crippen molar-refractivity contribution in [2.24, 2.45) is 5.92 Å². The van der Waals surface area contributed by atoms with Crippen molar-refractivity contribution >= 4 is 5.91 Å². The first-order chi connectivity index (χ1) is 12.2. The number of hydrogen-bond donors (Lipinski definition) is 0. The van der Waals surface area contributed by atoms with E-state index in [4.69, 9.17) is 14.2 Å². The van der Waals surface area contributed by atoms with Gasteiger partial charge in [0.05, 0.1) is 18.3 Å². The van der Waals surface area contributed by atoms with Crippen LogP contribution in [-0.2, 0) is 14.3 Å². The lowest BCUT2D eigenvalue weighted by atomic mass is 9.86. The van der Waals surface area contributed by atoms with Gasteiger partial charge >= 0.3 is 0 Å². The summed E-state index contributed by atoms with van der Waals surface area (Å²) in [6.07, 6.45) is 5.96. The average molecular weight is 345 g/mol. The van der Waals surface area contributed by atoms with Crippen molar-refractivity contribution in [3.63, 3.8) is 0 Å². The van der Waals surface area contributed by atoms with Gasteiger partial charge in [-0.15, -0.1) is 0 Å². The number of ether oxygens (including phenoxy) is 3. The Hall–Kier alpha value is -1.59. The first-order valence-corrected chi connectivity index (χ1v) is 9.44. The van der Waals surface area contributed by atoms with Crippen LogP contribution in [0.1, 0.15) is 32.1 Å². The Balaban J connectivity index is 1.22. The first-order valence-electron chi connectivity index (χ1n) is 9.44. The fourth-order valence-electron chi connectivity index (χ4n) is 3.94. The minimum Gasteiger partial charge on any atom is -0.484 e. The van der Waals surface area contributed by atoms with E-state index in [1.165, 1.54) is 19.3 Å². The Morgan fingerprint density at radius 2 is 2.12 bits per heavy atom. The number of benzene rings is 1. The maximum Gasteiger partial charge on any atom is 0.260 e. The van der Waals surface area contributed by atoms with E-state index in [1.54, 1.807) is 0 Å². The van der Waals surface area contributed by atoms with Crippen molar-refractivity contribution in [2.75, 3.05) is 32.9 Å². The normalized spacial score (nSPS) is 29.1. The maximum absolute atomic E-state index is 12.4. The van der Waals surface area contributed by atoms with E-state index in [-0.39, 0.29) is 24.2 Å². The van der Waals surface area contributed by atoms with E-state index in [0.717, 1.165) is 37.7 Å². The molecule has 2 heterocycles. The standard InChI is InChI=1S/C20H27NO4/c22-19(14-24-17-7-2-1-3-8-17)21-10-9-20(15-21)11-18(13-25-20)23-12-16-5-4-6-16/h1-3,7-8,16,18H,4-6,9-15H2/t18-,20+/m0/s1. The van der Waals surface area contributed by atoms with Gasteiger partial charge < -0.3 is 19.1 Å². The second-order valence-corrected chi connectivity index (χ2v) is 7.62. The average Bonchev–Trinajstić information content (AvgIpc) is 3.19. The lowest BCUT2D eigenvalue weighted by Gasteiger charge is -2.26. The molecule has 1 aliphatic carbocycles. The number of carbonyl (C=O) groups is 1. The molecule has 1 aromatic carbocycles. The fraction of sp³-hybridized carbons (Fsp3) is 0.650. The summed E-state index contributed by atoms with van der Waals surface area (Å²) < 4.78 is 17.7. The Bertz CT molecular complexity index is 589. The molecule has 2 saturated heterocycles. The minimum absolute atomic E-state index is 0.0307. The number of rotatable bonds is 6. The topological polar surface area (TPSA) is 48.0 Å². The molecular formula is C20H27NO4. The summed E-state index contributed by atoms with van der Waals surface area (Å²) in [5, 5.41) is 0. The molecule has 0 radical (unpaired) electrons. The molecule has 1 aromatic rings. The minimum atomic E-state index is -0.202. The molecule has 0 unspecified atom stereocenters. The van der Waals surface area contributed by atoms with Crippen molar-refractivity contribution < 1.29 is 19.0 Å². The number of likely N-dealkylation sites (tertiary alicyclic amines) is 1. The van der Waals surface area contributed by atoms with Gasteiger partial charge in [-0.1, -0.05) is 24.6 Å². The zero-order valence-corrected chi connectivity index (χ0v) is 14.7. The summed E-state index contributed by atoms with van der Waals surface area (Å²) in [4.78, 5) is 14.3. The van der Waals surface area contributed by atoms with Crippen LogP contribution in [0.2, 0.25) is 0 Å². The van der Waals surface area contributed by atoms with Crippen molar-refractivity contribution in [3.05, 3.63) is 30.3 Å². The number of nitrogens with zero attached hydrogens (tertiary/aromatic N) is 1. The maximum atomic E-state index is 12.4. The Labute approximate surface area is 149 Å². The van der Waals surface area contributed by atoms with Gasteiger partial charge in [0.25, 0.3) is 5.91 Å². The van der Waals surface area contributed by atoms with E-state index in [0.29, 0.717) is 13.2 Å². The van der Waals surface area contributed by atoms with Crippen molar-refractivity contribution in [1.29, 1.82) is 0 Å². The van der Waals surface area contributed by atoms with Crippen LogP contribution in [-0.4, -0.2) is 55.4 Å². The summed E-state index contributed by atoms with van der Waals surface area (Å²) in [5.74, 6) is 1.52. The molecule has 1 amide bonds. The molecule has 5 nitrogen and oxygen atoms in total. The van der Waals surface area contributed by atoms with Crippen LogP contribution >= 0.6 is 0 Å². The van der Waals surface area contributed by atoms with Crippen molar-refractivity contribution in [3.8, 4) is 5.75 Å². The monoisotopic (exact) mass is 345 g/mol. The molecule has 1 spiro atoms. The zero-order valence-electron chi connectivity index (χ0n) is 14.7. The van der Waals surface area contributed by atoms with E-state index < -0.39 is 0 Å². The molecule has 2 atom stereocenters. The van der Waals surface area contributed by atoms with Crippen LogP contribution in [0, 0.1) is 5.92 Å². The molecule has 0 bridgehead atoms. The predicted octanol–water partition coefficient (Wildman–Crippen LogP) is 2.64. The largest absolute Gasteiger partial charge is 0.484 e. The molecule has 136 valence electrons. The molecule has 0 N–H and O–H groups in total. The number of para-hydroxylation sites is 1. The molecule has 0 aromatic heterocycles. The molecule has 25 heavy (non-hydrogen) atoms. The quantitative estimate of drug-likeness (QED) is 0.795.